The number of nitrogens with zero attached hydrogens (tertiary/aromatic N) is 1. The van der Waals surface area contributed by atoms with Gasteiger partial charge in [0.1, 0.15) is 0 Å². The molecule has 0 aromatic carbocycles. The average molecular weight is 211 g/mol. The van der Waals surface area contributed by atoms with E-state index in [-0.39, 0.29) is 5.78 Å². The van der Waals surface area contributed by atoms with Crippen molar-refractivity contribution in [1.82, 2.24) is 5.16 Å². The van der Waals surface area contributed by atoms with Crippen LogP contribution in [-0.2, 0) is 0 Å². The van der Waals surface area contributed by atoms with Crippen molar-refractivity contribution in [3.8, 4) is 0 Å². The lowest BCUT2D eigenvalue weighted by Gasteiger charge is -2.19. The lowest BCUT2D eigenvalue weighted by atomic mass is 9.96. The number of carbonyl (C=O) groups excluding carboxylic acids is 1. The van der Waals surface area contributed by atoms with Crippen LogP contribution < -0.4 is 0 Å². The Bertz CT molecular complexity index is 329. The minimum absolute atomic E-state index is 0.0551. The van der Waals surface area contributed by atoms with Crippen molar-refractivity contribution in [3.05, 3.63) is 17.5 Å². The second kappa shape index (κ2) is 4.17. The van der Waals surface area contributed by atoms with Gasteiger partial charge in [0.15, 0.2) is 11.5 Å². The molecule has 1 aromatic rings. The molecule has 1 aliphatic rings. The number of rotatable bonds is 2. The molecule has 1 saturated heterocycles. The summed E-state index contributed by atoms with van der Waals surface area (Å²) in [5, 5.41) is 3.72. The lowest BCUT2D eigenvalue weighted by Crippen LogP contribution is -2.09. The molecule has 0 aliphatic carbocycles. The molecule has 0 bridgehead atoms. The van der Waals surface area contributed by atoms with Gasteiger partial charge >= 0.3 is 0 Å². The van der Waals surface area contributed by atoms with Crippen LogP contribution in [0.4, 0.5) is 0 Å². The minimum atomic E-state index is 0.0551. The van der Waals surface area contributed by atoms with E-state index in [1.807, 2.05) is 11.8 Å². The van der Waals surface area contributed by atoms with Crippen molar-refractivity contribution in [2.45, 2.75) is 25.7 Å². The van der Waals surface area contributed by atoms with E-state index in [9.17, 15) is 4.79 Å². The monoisotopic (exact) mass is 211 g/mol. The first kappa shape index (κ1) is 9.77. The SMILES string of the molecule is CC(=O)c1cnoc1C1CCSCC1. The molecule has 2 heterocycles. The van der Waals surface area contributed by atoms with Gasteiger partial charge in [0.25, 0.3) is 0 Å². The molecule has 0 N–H and O–H groups in total. The number of hydrogen-bond acceptors (Lipinski definition) is 4. The Balaban J connectivity index is 2.21. The maximum Gasteiger partial charge on any atom is 0.164 e. The minimum Gasteiger partial charge on any atom is -0.360 e. The summed E-state index contributed by atoms with van der Waals surface area (Å²) in [5.41, 5.74) is 0.668. The fraction of sp³-hybridized carbons (Fsp3) is 0.600. The molecule has 0 unspecified atom stereocenters. The Labute approximate surface area is 87.2 Å². The van der Waals surface area contributed by atoms with Gasteiger partial charge in [-0.2, -0.15) is 11.8 Å². The quantitative estimate of drug-likeness (QED) is 0.705. The fourth-order valence-corrected chi connectivity index (χ4v) is 2.87. The lowest BCUT2D eigenvalue weighted by molar-refractivity contribution is 0.101. The molecule has 0 saturated carbocycles. The largest absolute Gasteiger partial charge is 0.360 e. The fourth-order valence-electron chi connectivity index (χ4n) is 1.77. The van der Waals surface area contributed by atoms with Crippen molar-refractivity contribution in [2.75, 3.05) is 11.5 Å². The van der Waals surface area contributed by atoms with Crippen molar-refractivity contribution in [2.24, 2.45) is 0 Å². The van der Waals surface area contributed by atoms with E-state index in [4.69, 9.17) is 4.52 Å². The van der Waals surface area contributed by atoms with Crippen LogP contribution in [0.25, 0.3) is 0 Å². The van der Waals surface area contributed by atoms with Crippen LogP contribution in [0.5, 0.6) is 0 Å². The van der Waals surface area contributed by atoms with E-state index >= 15 is 0 Å². The van der Waals surface area contributed by atoms with E-state index in [1.165, 1.54) is 0 Å². The number of thioether (sulfide) groups is 1. The second-order valence-corrected chi connectivity index (χ2v) is 4.77. The van der Waals surface area contributed by atoms with Gasteiger partial charge < -0.3 is 4.52 Å². The molecule has 0 spiro atoms. The molecule has 76 valence electrons. The highest BCUT2D eigenvalue weighted by atomic mass is 32.2. The summed E-state index contributed by atoms with van der Waals surface area (Å²) in [6.07, 6.45) is 3.74. The summed E-state index contributed by atoms with van der Waals surface area (Å²) in [7, 11) is 0. The van der Waals surface area contributed by atoms with Crippen molar-refractivity contribution in [3.63, 3.8) is 0 Å². The average Bonchev–Trinajstić information content (AvgIpc) is 2.67. The van der Waals surface area contributed by atoms with E-state index in [2.05, 4.69) is 5.16 Å². The van der Waals surface area contributed by atoms with Crippen LogP contribution in [0.15, 0.2) is 10.7 Å². The van der Waals surface area contributed by atoms with Gasteiger partial charge in [-0.15, -0.1) is 0 Å². The van der Waals surface area contributed by atoms with Gasteiger partial charge in [0, 0.05) is 5.92 Å². The third-order valence-corrected chi connectivity index (χ3v) is 3.62. The van der Waals surface area contributed by atoms with Crippen molar-refractivity contribution >= 4 is 17.5 Å². The topological polar surface area (TPSA) is 43.1 Å². The van der Waals surface area contributed by atoms with Crippen LogP contribution in [0.2, 0.25) is 0 Å². The Hall–Kier alpha value is -0.770. The second-order valence-electron chi connectivity index (χ2n) is 3.55. The standard InChI is InChI=1S/C10H13NO2S/c1-7(12)9-6-11-13-10(9)8-2-4-14-5-3-8/h6,8H,2-5H2,1H3. The van der Waals surface area contributed by atoms with Crippen LogP contribution in [0, 0.1) is 0 Å². The first-order chi connectivity index (χ1) is 6.79. The third-order valence-electron chi connectivity index (χ3n) is 2.57. The van der Waals surface area contributed by atoms with Crippen molar-refractivity contribution < 1.29 is 9.32 Å². The highest BCUT2D eigenvalue weighted by Gasteiger charge is 2.24. The predicted molar refractivity (Wildman–Crippen MR) is 55.8 cm³/mol. The molecule has 0 amide bonds. The summed E-state index contributed by atoms with van der Waals surface area (Å²) in [6, 6.07) is 0. The number of carbonyl (C=O) groups is 1. The summed E-state index contributed by atoms with van der Waals surface area (Å²) in [6.45, 7) is 1.56. The predicted octanol–water partition coefficient (Wildman–Crippen LogP) is 2.49. The molecule has 1 aliphatic heterocycles. The molecule has 3 nitrogen and oxygen atoms in total. The molecule has 14 heavy (non-hydrogen) atoms. The number of ketones is 1. The van der Waals surface area contributed by atoms with E-state index < -0.39 is 0 Å². The first-order valence-corrected chi connectivity index (χ1v) is 5.97. The summed E-state index contributed by atoms with van der Waals surface area (Å²) in [5.74, 6) is 3.57. The van der Waals surface area contributed by atoms with Gasteiger partial charge in [-0.3, -0.25) is 4.79 Å². The highest BCUT2D eigenvalue weighted by Crippen LogP contribution is 2.33. The summed E-state index contributed by atoms with van der Waals surface area (Å²) >= 11 is 1.96. The Morgan fingerprint density at radius 2 is 2.29 bits per heavy atom. The molecule has 4 heteroatoms. The molecular formula is C10H13NO2S. The van der Waals surface area contributed by atoms with E-state index in [1.54, 1.807) is 13.1 Å². The zero-order chi connectivity index (χ0) is 9.97. The first-order valence-electron chi connectivity index (χ1n) is 4.82. The van der Waals surface area contributed by atoms with Gasteiger partial charge in [0.2, 0.25) is 0 Å². The molecular weight excluding hydrogens is 198 g/mol. The van der Waals surface area contributed by atoms with Crippen LogP contribution >= 0.6 is 11.8 Å². The van der Waals surface area contributed by atoms with E-state index in [0.717, 1.165) is 30.1 Å². The Morgan fingerprint density at radius 1 is 1.57 bits per heavy atom. The highest BCUT2D eigenvalue weighted by molar-refractivity contribution is 7.99. The summed E-state index contributed by atoms with van der Waals surface area (Å²) in [4.78, 5) is 11.3. The van der Waals surface area contributed by atoms with Crippen molar-refractivity contribution in [1.29, 1.82) is 0 Å². The van der Waals surface area contributed by atoms with Gasteiger partial charge in [-0.1, -0.05) is 5.16 Å². The Kier molecular flexibility index (Phi) is 2.91. The normalized spacial score (nSPS) is 18.4. The maximum absolute atomic E-state index is 11.3. The van der Waals surface area contributed by atoms with E-state index in [0.29, 0.717) is 11.5 Å². The van der Waals surface area contributed by atoms with Crippen LogP contribution in [-0.4, -0.2) is 22.4 Å². The number of Topliss-reactive ketones (excluding diaryl/α,β-unsaturated/α-hetero) is 1. The molecule has 1 fully saturated rings. The molecule has 0 radical (unpaired) electrons. The number of aromatic nitrogens is 1. The zero-order valence-corrected chi connectivity index (χ0v) is 8.97. The van der Waals surface area contributed by atoms with Crippen LogP contribution in [0.1, 0.15) is 41.8 Å². The summed E-state index contributed by atoms with van der Waals surface area (Å²) < 4.78 is 5.19. The maximum atomic E-state index is 11.3. The van der Waals surface area contributed by atoms with Gasteiger partial charge in [-0.25, -0.2) is 0 Å². The zero-order valence-electron chi connectivity index (χ0n) is 8.16. The van der Waals surface area contributed by atoms with Crippen LogP contribution in [0.3, 0.4) is 0 Å². The molecule has 1 aromatic heterocycles. The van der Waals surface area contributed by atoms with Gasteiger partial charge in [-0.05, 0) is 31.3 Å². The third kappa shape index (κ3) is 1.85. The van der Waals surface area contributed by atoms with Gasteiger partial charge in [0.05, 0.1) is 11.8 Å². The molecule has 0 atom stereocenters. The number of hydrogen-bond donors (Lipinski definition) is 0. The Morgan fingerprint density at radius 3 is 2.93 bits per heavy atom. The molecule has 2 rings (SSSR count). The smallest absolute Gasteiger partial charge is 0.164 e.